The maximum Gasteiger partial charge on any atom is 0.487 e. The molecular weight excluding hydrogens is 211 g/mol. The number of hydrogen-bond donors (Lipinski definition) is 0. The fourth-order valence-electron chi connectivity index (χ4n) is 3.43. The molecule has 1 saturated heterocycles. The zero-order valence-corrected chi connectivity index (χ0v) is 11.5. The van der Waals surface area contributed by atoms with Crippen molar-refractivity contribution in [3.05, 3.63) is 11.5 Å². The third-order valence-corrected chi connectivity index (χ3v) is 5.21. The molecule has 2 bridgehead atoms. The van der Waals surface area contributed by atoms with Gasteiger partial charge in [0.15, 0.2) is 0 Å². The van der Waals surface area contributed by atoms with Crippen LogP contribution < -0.4 is 0 Å². The first-order valence-electron chi connectivity index (χ1n) is 6.94. The molecule has 17 heavy (non-hydrogen) atoms. The van der Waals surface area contributed by atoms with Crippen LogP contribution in [0.3, 0.4) is 0 Å². The average molecular weight is 234 g/mol. The Kier molecular flexibility index (Phi) is 2.51. The van der Waals surface area contributed by atoms with Gasteiger partial charge in [-0.05, 0) is 65.2 Å². The fourth-order valence-corrected chi connectivity index (χ4v) is 3.43. The van der Waals surface area contributed by atoms with Crippen molar-refractivity contribution in [3.63, 3.8) is 0 Å². The number of allylic oxidation sites excluding steroid dienone is 1. The topological polar surface area (TPSA) is 18.5 Å². The molecule has 0 aromatic heterocycles. The van der Waals surface area contributed by atoms with Crippen LogP contribution in [0.25, 0.3) is 0 Å². The summed E-state index contributed by atoms with van der Waals surface area (Å²) in [6, 6.07) is 0. The van der Waals surface area contributed by atoms with Crippen LogP contribution in [-0.2, 0) is 9.31 Å². The van der Waals surface area contributed by atoms with E-state index in [0.717, 1.165) is 11.8 Å². The quantitative estimate of drug-likeness (QED) is 0.647. The second kappa shape index (κ2) is 3.61. The molecule has 3 fully saturated rings. The van der Waals surface area contributed by atoms with Crippen molar-refractivity contribution in [3.8, 4) is 0 Å². The first-order valence-corrected chi connectivity index (χ1v) is 6.94. The minimum Gasteiger partial charge on any atom is -0.400 e. The predicted octanol–water partition coefficient (Wildman–Crippen LogP) is 3.36. The van der Waals surface area contributed by atoms with Gasteiger partial charge >= 0.3 is 7.12 Å². The van der Waals surface area contributed by atoms with E-state index in [2.05, 4.69) is 33.7 Å². The van der Waals surface area contributed by atoms with Gasteiger partial charge in [0.1, 0.15) is 0 Å². The molecule has 0 spiro atoms. The molecule has 3 rings (SSSR count). The predicted molar refractivity (Wildman–Crippen MR) is 69.6 cm³/mol. The molecule has 2 atom stereocenters. The molecular formula is C14H23BO2. The Morgan fingerprint density at radius 3 is 2.24 bits per heavy atom. The van der Waals surface area contributed by atoms with Crippen molar-refractivity contribution in [2.75, 3.05) is 0 Å². The summed E-state index contributed by atoms with van der Waals surface area (Å²) in [5.41, 5.74) is 1.19. The van der Waals surface area contributed by atoms with Gasteiger partial charge in [-0.2, -0.15) is 0 Å². The maximum absolute atomic E-state index is 6.04. The Balaban J connectivity index is 1.74. The largest absolute Gasteiger partial charge is 0.487 e. The number of fused-ring (bicyclic) bond motifs is 2. The van der Waals surface area contributed by atoms with Gasteiger partial charge in [-0.25, -0.2) is 0 Å². The third kappa shape index (κ3) is 1.88. The van der Waals surface area contributed by atoms with Gasteiger partial charge in [0.25, 0.3) is 0 Å². The van der Waals surface area contributed by atoms with E-state index in [1.165, 1.54) is 25.7 Å². The van der Waals surface area contributed by atoms with Crippen LogP contribution >= 0.6 is 0 Å². The van der Waals surface area contributed by atoms with Gasteiger partial charge in [-0.15, -0.1) is 0 Å². The first-order chi connectivity index (χ1) is 7.87. The van der Waals surface area contributed by atoms with Gasteiger partial charge in [0.05, 0.1) is 11.2 Å². The van der Waals surface area contributed by atoms with Crippen molar-refractivity contribution < 1.29 is 9.31 Å². The molecule has 1 aliphatic heterocycles. The smallest absolute Gasteiger partial charge is 0.400 e. The molecule has 2 saturated carbocycles. The summed E-state index contributed by atoms with van der Waals surface area (Å²) in [4.78, 5) is 0. The van der Waals surface area contributed by atoms with E-state index in [9.17, 15) is 0 Å². The summed E-state index contributed by atoms with van der Waals surface area (Å²) in [6.07, 6.45) is 5.52. The summed E-state index contributed by atoms with van der Waals surface area (Å²) in [6.45, 7) is 8.47. The summed E-state index contributed by atoms with van der Waals surface area (Å²) in [7, 11) is -0.130. The SMILES string of the molecule is CC1(C)OB(/C=C2/CC3CCC2C3)OC1(C)C. The highest BCUT2D eigenvalue weighted by Gasteiger charge is 2.50. The molecule has 1 heterocycles. The van der Waals surface area contributed by atoms with Crippen molar-refractivity contribution in [1.82, 2.24) is 0 Å². The zero-order valence-electron chi connectivity index (χ0n) is 11.5. The molecule has 0 aromatic carbocycles. The lowest BCUT2D eigenvalue weighted by molar-refractivity contribution is 0.00578. The van der Waals surface area contributed by atoms with E-state index in [0.29, 0.717) is 0 Å². The van der Waals surface area contributed by atoms with Crippen LogP contribution in [-0.4, -0.2) is 18.3 Å². The Hall–Kier alpha value is -0.275. The van der Waals surface area contributed by atoms with Crippen molar-refractivity contribution in [1.29, 1.82) is 0 Å². The molecule has 0 amide bonds. The van der Waals surface area contributed by atoms with Crippen LogP contribution in [0.2, 0.25) is 0 Å². The Morgan fingerprint density at radius 2 is 1.76 bits per heavy atom. The van der Waals surface area contributed by atoms with Gasteiger partial charge in [-0.1, -0.05) is 11.5 Å². The second-order valence-electron chi connectivity index (χ2n) is 6.95. The molecule has 3 heteroatoms. The van der Waals surface area contributed by atoms with E-state index < -0.39 is 0 Å². The molecule has 2 unspecified atom stereocenters. The van der Waals surface area contributed by atoms with E-state index in [1.54, 1.807) is 5.57 Å². The highest BCUT2D eigenvalue weighted by atomic mass is 16.7. The normalized spacial score (nSPS) is 40.5. The number of rotatable bonds is 1. The summed E-state index contributed by atoms with van der Waals surface area (Å²) in [5, 5.41) is 0. The summed E-state index contributed by atoms with van der Waals surface area (Å²) >= 11 is 0. The lowest BCUT2D eigenvalue weighted by Gasteiger charge is -2.32. The van der Waals surface area contributed by atoms with Crippen molar-refractivity contribution >= 4 is 7.12 Å². The standard InChI is InChI=1S/C14H23BO2/c1-13(2)14(3,4)17-15(16-13)9-12-8-10-5-6-11(12)7-10/h9-11H,5-8H2,1-4H3/b12-9-. The molecule has 0 aromatic rings. The molecule has 0 radical (unpaired) electrons. The fraction of sp³-hybridized carbons (Fsp3) is 0.857. The van der Waals surface area contributed by atoms with Gasteiger partial charge in [0, 0.05) is 0 Å². The lowest BCUT2D eigenvalue weighted by atomic mass is 9.82. The van der Waals surface area contributed by atoms with Gasteiger partial charge in [0.2, 0.25) is 0 Å². The minimum absolute atomic E-state index is 0.130. The van der Waals surface area contributed by atoms with Gasteiger partial charge in [-0.3, -0.25) is 0 Å². The number of hydrogen-bond acceptors (Lipinski definition) is 2. The molecule has 0 N–H and O–H groups in total. The third-order valence-electron chi connectivity index (χ3n) is 5.21. The van der Waals surface area contributed by atoms with Crippen LogP contribution in [0.5, 0.6) is 0 Å². The van der Waals surface area contributed by atoms with Crippen LogP contribution in [0.1, 0.15) is 53.4 Å². The average Bonchev–Trinajstić information content (AvgIpc) is 2.80. The first kappa shape index (κ1) is 11.8. The Bertz CT molecular complexity index is 343. The zero-order chi connectivity index (χ0) is 12.3. The van der Waals surface area contributed by atoms with E-state index in [1.807, 2.05) is 0 Å². The van der Waals surface area contributed by atoms with E-state index >= 15 is 0 Å². The van der Waals surface area contributed by atoms with Crippen LogP contribution in [0.15, 0.2) is 11.5 Å². The van der Waals surface area contributed by atoms with Crippen molar-refractivity contribution in [2.45, 2.75) is 64.6 Å². The highest BCUT2D eigenvalue weighted by molar-refractivity contribution is 6.51. The monoisotopic (exact) mass is 234 g/mol. The van der Waals surface area contributed by atoms with E-state index in [-0.39, 0.29) is 18.3 Å². The molecule has 2 nitrogen and oxygen atoms in total. The second-order valence-corrected chi connectivity index (χ2v) is 6.95. The molecule has 94 valence electrons. The highest BCUT2D eigenvalue weighted by Crippen LogP contribution is 2.48. The van der Waals surface area contributed by atoms with Crippen LogP contribution in [0, 0.1) is 11.8 Å². The van der Waals surface area contributed by atoms with Gasteiger partial charge < -0.3 is 9.31 Å². The molecule has 2 aliphatic carbocycles. The Morgan fingerprint density at radius 1 is 1.12 bits per heavy atom. The lowest BCUT2D eigenvalue weighted by Crippen LogP contribution is -2.41. The summed E-state index contributed by atoms with van der Waals surface area (Å²) < 4.78 is 12.1. The summed E-state index contributed by atoms with van der Waals surface area (Å²) in [5.74, 6) is 4.05. The van der Waals surface area contributed by atoms with E-state index in [4.69, 9.17) is 9.31 Å². The Labute approximate surface area is 105 Å². The van der Waals surface area contributed by atoms with Crippen LogP contribution in [0.4, 0.5) is 0 Å². The van der Waals surface area contributed by atoms with Crippen molar-refractivity contribution in [2.24, 2.45) is 11.8 Å². The minimum atomic E-state index is -0.202. The molecule has 3 aliphatic rings. The maximum atomic E-state index is 6.04.